The summed E-state index contributed by atoms with van der Waals surface area (Å²) in [7, 11) is 0. The highest BCUT2D eigenvalue weighted by atomic mass is 79.9. The molecule has 0 aliphatic heterocycles. The SMILES string of the molecule is CCc1nn(CC)c(CC(C)CCNCC(C)C)c1Br. The van der Waals surface area contributed by atoms with Gasteiger partial charge in [0.15, 0.2) is 0 Å². The molecule has 3 nitrogen and oxygen atoms in total. The normalized spacial score (nSPS) is 13.2. The summed E-state index contributed by atoms with van der Waals surface area (Å²) >= 11 is 3.73. The van der Waals surface area contributed by atoms with Gasteiger partial charge in [0.05, 0.1) is 15.9 Å². The number of rotatable bonds is 9. The minimum Gasteiger partial charge on any atom is -0.316 e. The van der Waals surface area contributed by atoms with Crippen LogP contribution in [0.4, 0.5) is 0 Å². The van der Waals surface area contributed by atoms with Crippen LogP contribution in [0.1, 0.15) is 52.4 Å². The third kappa shape index (κ3) is 5.21. The molecule has 1 N–H and O–H groups in total. The van der Waals surface area contributed by atoms with Crippen LogP contribution in [-0.4, -0.2) is 22.9 Å². The molecule has 1 heterocycles. The van der Waals surface area contributed by atoms with E-state index in [2.05, 4.69) is 65.6 Å². The van der Waals surface area contributed by atoms with Crippen LogP contribution in [0.2, 0.25) is 0 Å². The van der Waals surface area contributed by atoms with Crippen LogP contribution in [0, 0.1) is 11.8 Å². The van der Waals surface area contributed by atoms with E-state index in [9.17, 15) is 0 Å². The molecule has 4 heteroatoms. The lowest BCUT2D eigenvalue weighted by Gasteiger charge is -2.14. The van der Waals surface area contributed by atoms with Gasteiger partial charge in [0, 0.05) is 6.54 Å². The van der Waals surface area contributed by atoms with E-state index >= 15 is 0 Å². The summed E-state index contributed by atoms with van der Waals surface area (Å²) in [5.74, 6) is 1.41. The van der Waals surface area contributed by atoms with E-state index < -0.39 is 0 Å². The number of hydrogen-bond donors (Lipinski definition) is 1. The molecule has 0 spiro atoms. The van der Waals surface area contributed by atoms with Crippen LogP contribution in [0.5, 0.6) is 0 Å². The van der Waals surface area contributed by atoms with Crippen molar-refractivity contribution in [2.75, 3.05) is 13.1 Å². The third-order valence-corrected chi connectivity index (χ3v) is 4.52. The molecule has 0 fully saturated rings. The van der Waals surface area contributed by atoms with E-state index in [1.807, 2.05) is 0 Å². The van der Waals surface area contributed by atoms with Gasteiger partial charge in [-0.3, -0.25) is 4.68 Å². The molecule has 116 valence electrons. The van der Waals surface area contributed by atoms with Crippen molar-refractivity contribution < 1.29 is 0 Å². The van der Waals surface area contributed by atoms with Crippen molar-refractivity contribution in [1.82, 2.24) is 15.1 Å². The Morgan fingerprint density at radius 2 is 1.95 bits per heavy atom. The minimum atomic E-state index is 0.678. The molecule has 0 amide bonds. The molecule has 0 aliphatic carbocycles. The Morgan fingerprint density at radius 1 is 1.25 bits per heavy atom. The van der Waals surface area contributed by atoms with Gasteiger partial charge in [-0.05, 0) is 67.0 Å². The molecule has 0 bridgehead atoms. The highest BCUT2D eigenvalue weighted by Gasteiger charge is 2.16. The fourth-order valence-corrected chi connectivity index (χ4v) is 3.11. The average Bonchev–Trinajstić information content (AvgIpc) is 2.71. The summed E-state index contributed by atoms with van der Waals surface area (Å²) in [6.07, 6.45) is 3.31. The maximum atomic E-state index is 4.67. The van der Waals surface area contributed by atoms with Crippen molar-refractivity contribution in [3.63, 3.8) is 0 Å². The van der Waals surface area contributed by atoms with Crippen LogP contribution in [0.25, 0.3) is 0 Å². The molecule has 1 aromatic heterocycles. The van der Waals surface area contributed by atoms with Crippen LogP contribution in [0.15, 0.2) is 4.47 Å². The van der Waals surface area contributed by atoms with Gasteiger partial charge >= 0.3 is 0 Å². The average molecular weight is 344 g/mol. The smallest absolute Gasteiger partial charge is 0.0766 e. The summed E-state index contributed by atoms with van der Waals surface area (Å²) in [5.41, 5.74) is 2.55. The minimum absolute atomic E-state index is 0.678. The molecule has 0 saturated heterocycles. The molecule has 0 saturated carbocycles. The number of aromatic nitrogens is 2. The molecular weight excluding hydrogens is 314 g/mol. The Balaban J connectivity index is 2.52. The van der Waals surface area contributed by atoms with Gasteiger partial charge in [-0.2, -0.15) is 5.10 Å². The molecule has 20 heavy (non-hydrogen) atoms. The lowest BCUT2D eigenvalue weighted by molar-refractivity contribution is 0.460. The quantitative estimate of drug-likeness (QED) is 0.685. The monoisotopic (exact) mass is 343 g/mol. The van der Waals surface area contributed by atoms with Crippen molar-refractivity contribution in [3.8, 4) is 0 Å². The Hall–Kier alpha value is -0.350. The molecular formula is C16H30BrN3. The summed E-state index contributed by atoms with van der Waals surface area (Å²) < 4.78 is 3.38. The molecule has 0 aromatic carbocycles. The highest BCUT2D eigenvalue weighted by molar-refractivity contribution is 9.10. The second-order valence-corrected chi connectivity index (χ2v) is 6.87. The number of hydrogen-bond acceptors (Lipinski definition) is 2. The summed E-state index contributed by atoms with van der Waals surface area (Å²) in [6, 6.07) is 0. The van der Waals surface area contributed by atoms with Gasteiger partial charge in [-0.1, -0.05) is 27.7 Å². The molecule has 1 unspecified atom stereocenters. The van der Waals surface area contributed by atoms with Gasteiger partial charge in [0.2, 0.25) is 0 Å². The van der Waals surface area contributed by atoms with Gasteiger partial charge in [0.1, 0.15) is 0 Å². The predicted molar refractivity (Wildman–Crippen MR) is 90.2 cm³/mol. The first-order chi connectivity index (χ1) is 9.49. The molecule has 0 aliphatic rings. The van der Waals surface area contributed by atoms with E-state index in [4.69, 9.17) is 0 Å². The number of halogens is 1. The zero-order valence-corrected chi connectivity index (χ0v) is 15.3. The zero-order valence-electron chi connectivity index (χ0n) is 13.7. The standard InChI is InChI=1S/C16H30BrN3/c1-6-14-16(17)15(20(7-2)19-14)10-13(5)8-9-18-11-12(3)4/h12-13,18H,6-11H2,1-5H3. The fraction of sp³-hybridized carbons (Fsp3) is 0.812. The van der Waals surface area contributed by atoms with Crippen molar-refractivity contribution in [3.05, 3.63) is 15.9 Å². The van der Waals surface area contributed by atoms with Crippen molar-refractivity contribution in [2.24, 2.45) is 11.8 Å². The second kappa shape index (κ2) is 8.83. The van der Waals surface area contributed by atoms with Crippen LogP contribution >= 0.6 is 15.9 Å². The zero-order chi connectivity index (χ0) is 15.1. The Labute approximate surface area is 132 Å². The number of nitrogens with one attached hydrogen (secondary N) is 1. The van der Waals surface area contributed by atoms with Crippen molar-refractivity contribution >= 4 is 15.9 Å². The first kappa shape index (κ1) is 17.7. The van der Waals surface area contributed by atoms with Crippen LogP contribution in [0.3, 0.4) is 0 Å². The summed E-state index contributed by atoms with van der Waals surface area (Å²) in [5, 5.41) is 8.20. The van der Waals surface area contributed by atoms with E-state index in [1.165, 1.54) is 22.3 Å². The number of nitrogens with zero attached hydrogens (tertiary/aromatic N) is 2. The Kier molecular flexibility index (Phi) is 7.82. The molecule has 1 rings (SSSR count). The first-order valence-corrected chi connectivity index (χ1v) is 8.73. The fourth-order valence-electron chi connectivity index (χ4n) is 2.38. The van der Waals surface area contributed by atoms with E-state index in [0.29, 0.717) is 5.92 Å². The maximum absolute atomic E-state index is 4.67. The van der Waals surface area contributed by atoms with E-state index in [1.54, 1.807) is 0 Å². The van der Waals surface area contributed by atoms with E-state index in [0.717, 1.165) is 38.4 Å². The van der Waals surface area contributed by atoms with E-state index in [-0.39, 0.29) is 0 Å². The van der Waals surface area contributed by atoms with Crippen LogP contribution < -0.4 is 5.32 Å². The van der Waals surface area contributed by atoms with Gasteiger partial charge < -0.3 is 5.32 Å². The third-order valence-electron chi connectivity index (χ3n) is 3.60. The lowest BCUT2D eigenvalue weighted by atomic mass is 10.0. The van der Waals surface area contributed by atoms with Gasteiger partial charge in [-0.25, -0.2) is 0 Å². The van der Waals surface area contributed by atoms with Gasteiger partial charge in [-0.15, -0.1) is 0 Å². The summed E-state index contributed by atoms with van der Waals surface area (Å²) in [6.45, 7) is 14.3. The summed E-state index contributed by atoms with van der Waals surface area (Å²) in [4.78, 5) is 0. The lowest BCUT2D eigenvalue weighted by Crippen LogP contribution is -2.22. The second-order valence-electron chi connectivity index (χ2n) is 6.07. The molecule has 0 radical (unpaired) electrons. The Bertz CT molecular complexity index is 399. The predicted octanol–water partition coefficient (Wildman–Crippen LogP) is 4.04. The van der Waals surface area contributed by atoms with Crippen molar-refractivity contribution in [2.45, 2.75) is 60.4 Å². The van der Waals surface area contributed by atoms with Gasteiger partial charge in [0.25, 0.3) is 0 Å². The number of aryl methyl sites for hydroxylation is 2. The topological polar surface area (TPSA) is 29.9 Å². The largest absolute Gasteiger partial charge is 0.316 e. The highest BCUT2D eigenvalue weighted by Crippen LogP contribution is 2.25. The van der Waals surface area contributed by atoms with Crippen molar-refractivity contribution in [1.29, 1.82) is 0 Å². The maximum Gasteiger partial charge on any atom is 0.0766 e. The Morgan fingerprint density at radius 3 is 2.50 bits per heavy atom. The first-order valence-electron chi connectivity index (χ1n) is 7.94. The molecule has 1 aromatic rings. The molecule has 1 atom stereocenters. The van der Waals surface area contributed by atoms with Crippen LogP contribution in [-0.2, 0) is 19.4 Å².